The Hall–Kier alpha value is -15.8. The molecule has 5 heterocycles. The fraction of sp³-hybridized carbons (Fsp3) is 0.0323. The number of hydrogen-bond acceptors (Lipinski definition) is 6. The van der Waals surface area contributed by atoms with E-state index in [1.807, 2.05) is 101 Å². The number of rotatable bonds is 19. The SMILES string of the molecule is Cc1cc(-c2[c-]cc(-c3ccccc3-c3cc(-c4ccc[c-]c4-c4c[c-]c(-c5ncccn5)[c-]c4)cc(-c4ccccc4-c4c[c-]c(-c5cc(C)c(-c6ccc(F)cc6)cn5)cc4)c3)cc2)ncc1-c1ccc(F)cc1.Cc1cc(-c2[c-]cc(-c3ccccc3-c3cccc(-c4ccccc4-c4c[c-]c(-c5cc(C)c(-c6ccc(F)cc6)cn5)cc4)c3)cc2)ncc1-c1ccc(F)cc1.[Ir+3].[Ir]. The molecule has 0 spiro atoms. The van der Waals surface area contributed by atoms with Gasteiger partial charge in [0, 0.05) is 79.5 Å². The molecule has 12 heteroatoms. The fourth-order valence-electron chi connectivity index (χ4n) is 17.4. The maximum atomic E-state index is 13.7. The van der Waals surface area contributed by atoms with E-state index in [-0.39, 0.29) is 63.5 Å². The molecule has 0 fully saturated rings. The van der Waals surface area contributed by atoms with Gasteiger partial charge in [-0.3, -0.25) is 12.1 Å². The predicted molar refractivity (Wildman–Crippen MR) is 534 cm³/mol. The molecule has 5 aromatic heterocycles. The first-order chi connectivity index (χ1) is 65.7. The van der Waals surface area contributed by atoms with E-state index in [2.05, 4.69) is 271 Å². The molecule has 0 aliphatic heterocycles. The molecule has 0 aliphatic rings. The molecule has 655 valence electrons. The van der Waals surface area contributed by atoms with Crippen LogP contribution in [0.2, 0.25) is 0 Å². The van der Waals surface area contributed by atoms with Crippen molar-refractivity contribution in [2.24, 2.45) is 0 Å². The van der Waals surface area contributed by atoms with Crippen molar-refractivity contribution in [3.63, 3.8) is 0 Å². The van der Waals surface area contributed by atoms with Crippen molar-refractivity contribution in [1.82, 2.24) is 29.9 Å². The first-order valence-electron chi connectivity index (χ1n) is 44.0. The van der Waals surface area contributed by atoms with E-state index < -0.39 is 0 Å². The van der Waals surface area contributed by atoms with E-state index >= 15 is 0 Å². The summed E-state index contributed by atoms with van der Waals surface area (Å²) in [5.41, 5.74) is 40.4. The number of nitrogens with zero attached hydrogens (tertiary/aromatic N) is 6. The fourth-order valence-corrected chi connectivity index (χ4v) is 17.4. The van der Waals surface area contributed by atoms with Crippen molar-refractivity contribution >= 4 is 0 Å². The van der Waals surface area contributed by atoms with Gasteiger partial charge in [0.05, 0.1) is 0 Å². The van der Waals surface area contributed by atoms with Crippen LogP contribution in [0, 0.1) is 93.4 Å². The monoisotopic (exact) mass is 2110 g/mol. The van der Waals surface area contributed by atoms with Gasteiger partial charge in [-0.2, -0.15) is 11.6 Å². The summed E-state index contributed by atoms with van der Waals surface area (Å²) in [4.78, 5) is 27.9. The molecule has 0 unspecified atom stereocenters. The number of halogens is 4. The van der Waals surface area contributed by atoms with Crippen LogP contribution >= 0.6 is 0 Å². The van der Waals surface area contributed by atoms with E-state index in [0.29, 0.717) is 11.4 Å². The van der Waals surface area contributed by atoms with Crippen molar-refractivity contribution in [2.75, 3.05) is 0 Å². The first-order valence-corrected chi connectivity index (χ1v) is 44.0. The molecule has 0 atom stereocenters. The van der Waals surface area contributed by atoms with Gasteiger partial charge in [0.1, 0.15) is 23.3 Å². The van der Waals surface area contributed by atoms with Crippen molar-refractivity contribution < 1.29 is 57.8 Å². The Balaban J connectivity index is 0.000000185. The minimum atomic E-state index is -0.268. The minimum absolute atomic E-state index is 0. The van der Waals surface area contributed by atoms with Gasteiger partial charge >= 0.3 is 20.1 Å². The maximum absolute atomic E-state index is 13.7. The zero-order chi connectivity index (χ0) is 91.1. The molecule has 136 heavy (non-hydrogen) atoms. The van der Waals surface area contributed by atoms with Crippen LogP contribution in [0.25, 0.3) is 212 Å². The molecule has 0 saturated carbocycles. The molecule has 0 bridgehead atoms. The Morgan fingerprint density at radius 2 is 0.463 bits per heavy atom. The van der Waals surface area contributed by atoms with Crippen molar-refractivity contribution in [2.45, 2.75) is 27.7 Å². The van der Waals surface area contributed by atoms with Crippen molar-refractivity contribution in [3.8, 4) is 212 Å². The maximum Gasteiger partial charge on any atom is 3.00 e. The van der Waals surface area contributed by atoms with E-state index in [1.54, 1.807) is 67.0 Å². The Kier molecular flexibility index (Phi) is 27.2. The minimum Gasteiger partial charge on any atom is -0.333 e. The molecule has 21 aromatic rings. The summed E-state index contributed by atoms with van der Waals surface area (Å²) in [6.07, 6.45) is 10.8. The molecule has 1 radical (unpaired) electrons. The van der Waals surface area contributed by atoms with Crippen LogP contribution in [0.15, 0.2) is 407 Å². The summed E-state index contributed by atoms with van der Waals surface area (Å²) in [6, 6.07) is 145. The van der Waals surface area contributed by atoms with Crippen LogP contribution < -0.4 is 0 Å². The Labute approximate surface area is 816 Å². The Morgan fingerprint density at radius 3 is 0.750 bits per heavy atom. The molecule has 0 amide bonds. The van der Waals surface area contributed by atoms with Gasteiger partial charge in [0.15, 0.2) is 0 Å². The topological polar surface area (TPSA) is 77.3 Å². The quantitative estimate of drug-likeness (QED) is 0.0593. The van der Waals surface area contributed by atoms with Gasteiger partial charge in [0.2, 0.25) is 0 Å². The summed E-state index contributed by atoms with van der Waals surface area (Å²) in [7, 11) is 0. The van der Waals surface area contributed by atoms with Crippen LogP contribution in [-0.2, 0) is 40.2 Å². The zero-order valence-electron chi connectivity index (χ0n) is 74.0. The van der Waals surface area contributed by atoms with E-state index in [0.717, 1.165) is 223 Å². The first kappa shape index (κ1) is 90.7. The van der Waals surface area contributed by atoms with Crippen LogP contribution in [-0.4, -0.2) is 29.9 Å². The van der Waals surface area contributed by atoms with Crippen LogP contribution in [0.1, 0.15) is 22.3 Å². The molecular formula is C124H79F4Ir2N6-4. The standard InChI is InChI=1S/C70H43F2N4.C54H36F2N2.2Ir/c1-45-38-68(75-43-66(45)50-28-32-58(71)33-29-50)52-22-16-47(17-23-52)60-10-3-6-13-63(60)55-40-56(42-57(41-55)65-15-8-5-12-62(65)49-20-26-54(27-21-49)70-73-36-9-37-74-70)64-14-7-4-11-61(64)48-18-24-53(25-19-48)69-39-46(2)67(44-76-69)51-30-34-59(72)35-31-51;1-35-30-53(57-33-51(35)39-22-26-45(55)27-23-39)41-18-14-37(15-19-41)47-10-3-5-12-49(47)43-8-7-9-44(32-43)50-13-6-4-11-48(50)38-16-20-42(21-17-38)54-31-36(2)52(34-58-54)40-24-28-46(56)29-25-40;;/h3-11,13-22,24,28-44H,1-2H3;3-18,20,22-34H,1-2H3;;/q-5;-2;;+3. The van der Waals surface area contributed by atoms with Gasteiger partial charge < -0.3 is 29.9 Å². The average Bonchev–Trinajstić information content (AvgIpc) is 0.763. The van der Waals surface area contributed by atoms with Gasteiger partial charge in [-0.1, -0.05) is 250 Å². The number of hydrogen-bond donors (Lipinski definition) is 0. The number of aryl methyl sites for hydroxylation is 4. The second-order valence-corrected chi connectivity index (χ2v) is 33.0. The third-order valence-electron chi connectivity index (χ3n) is 24.4. The number of pyridine rings is 4. The Morgan fingerprint density at radius 1 is 0.206 bits per heavy atom. The molecule has 0 aliphatic carbocycles. The van der Waals surface area contributed by atoms with E-state index in [4.69, 9.17) is 19.9 Å². The molecular weight excluding hydrogens is 2030 g/mol. The Bertz CT molecular complexity index is 7480. The van der Waals surface area contributed by atoms with E-state index in [1.165, 1.54) is 48.5 Å². The van der Waals surface area contributed by atoms with Gasteiger partial charge in [-0.25, -0.2) is 40.8 Å². The molecule has 21 rings (SSSR count). The number of benzene rings is 16. The smallest absolute Gasteiger partial charge is 0.333 e. The van der Waals surface area contributed by atoms with Crippen molar-refractivity contribution in [3.05, 3.63) is 495 Å². The zero-order valence-corrected chi connectivity index (χ0v) is 78.8. The summed E-state index contributed by atoms with van der Waals surface area (Å²) in [6.45, 7) is 8.19. The van der Waals surface area contributed by atoms with Crippen LogP contribution in [0.5, 0.6) is 0 Å². The van der Waals surface area contributed by atoms with Gasteiger partial charge in [0.25, 0.3) is 0 Å². The van der Waals surface area contributed by atoms with Crippen LogP contribution in [0.4, 0.5) is 17.6 Å². The van der Waals surface area contributed by atoms with Gasteiger partial charge in [-0.15, -0.1) is 143 Å². The summed E-state index contributed by atoms with van der Waals surface area (Å²) >= 11 is 0. The summed E-state index contributed by atoms with van der Waals surface area (Å²) in [5.74, 6) is -0.481. The normalized spacial score (nSPS) is 11.0. The van der Waals surface area contributed by atoms with E-state index in [9.17, 15) is 17.6 Å². The number of aromatic nitrogens is 6. The second-order valence-electron chi connectivity index (χ2n) is 33.0. The summed E-state index contributed by atoms with van der Waals surface area (Å²) < 4.78 is 54.4. The molecule has 16 aromatic carbocycles. The molecule has 6 nitrogen and oxygen atoms in total. The molecule has 0 N–H and O–H groups in total. The van der Waals surface area contributed by atoms with Gasteiger partial charge in [-0.05, 0) is 212 Å². The largest absolute Gasteiger partial charge is 3.00 e. The third-order valence-corrected chi connectivity index (χ3v) is 24.4. The van der Waals surface area contributed by atoms with Crippen molar-refractivity contribution in [1.29, 1.82) is 0 Å². The predicted octanol–water partition coefficient (Wildman–Crippen LogP) is 31.8. The third kappa shape index (κ3) is 19.7. The molecule has 0 saturated heterocycles. The van der Waals surface area contributed by atoms with Crippen LogP contribution in [0.3, 0.4) is 0 Å². The average molecular weight is 2110 g/mol. The second kappa shape index (κ2) is 40.7. The summed E-state index contributed by atoms with van der Waals surface area (Å²) in [5, 5.41) is 0.